The molecule has 0 heterocycles. The molecule has 0 N–H and O–H groups in total. The first-order chi connectivity index (χ1) is 9.00. The van der Waals surface area contributed by atoms with Crippen LogP contribution in [0.1, 0.15) is 19.4 Å². The standard InChI is InChI=1S/C11H16NO5PS/c1-3-16-18(15,17-4-2)19-9-10-5-7-11(8-6-10)12(13)14/h5-8H,3-4,9H2,1-2H3. The summed E-state index contributed by atoms with van der Waals surface area (Å²) in [7, 11) is 0. The molecule has 0 unspecified atom stereocenters. The predicted molar refractivity (Wildman–Crippen MR) is 75.2 cm³/mol. The van der Waals surface area contributed by atoms with Gasteiger partial charge in [0.05, 0.1) is 18.1 Å². The molecule has 0 aliphatic rings. The molecule has 1 rings (SSSR count). The highest BCUT2D eigenvalue weighted by Gasteiger charge is 2.24. The zero-order chi connectivity index (χ0) is 14.3. The number of nitrogens with zero attached hydrogens (tertiary/aromatic N) is 1. The summed E-state index contributed by atoms with van der Waals surface area (Å²) in [6.07, 6.45) is 0. The summed E-state index contributed by atoms with van der Waals surface area (Å²) < 4.78 is 22.5. The van der Waals surface area contributed by atoms with Crippen LogP contribution in [-0.2, 0) is 19.4 Å². The van der Waals surface area contributed by atoms with Gasteiger partial charge in [0.15, 0.2) is 0 Å². The van der Waals surface area contributed by atoms with E-state index >= 15 is 0 Å². The van der Waals surface area contributed by atoms with E-state index in [1.807, 2.05) is 0 Å². The fraction of sp³-hybridized carbons (Fsp3) is 0.455. The zero-order valence-electron chi connectivity index (χ0n) is 10.8. The number of nitro benzene ring substituents is 1. The van der Waals surface area contributed by atoms with Gasteiger partial charge in [-0.1, -0.05) is 12.1 Å². The van der Waals surface area contributed by atoms with Gasteiger partial charge in [-0.25, -0.2) is 4.57 Å². The molecule has 19 heavy (non-hydrogen) atoms. The minimum atomic E-state index is -3.13. The van der Waals surface area contributed by atoms with Crippen LogP contribution in [0.15, 0.2) is 24.3 Å². The third kappa shape index (κ3) is 5.32. The van der Waals surface area contributed by atoms with Crippen LogP contribution in [0.4, 0.5) is 5.69 Å². The first-order valence-corrected chi connectivity index (χ1v) is 8.91. The van der Waals surface area contributed by atoms with Crippen LogP contribution in [0.5, 0.6) is 0 Å². The van der Waals surface area contributed by atoms with Gasteiger partial charge in [-0.05, 0) is 30.8 Å². The molecule has 0 spiro atoms. The van der Waals surface area contributed by atoms with Crippen LogP contribution in [0.3, 0.4) is 0 Å². The van der Waals surface area contributed by atoms with Crippen molar-refractivity contribution >= 4 is 23.9 Å². The second kappa shape index (κ2) is 7.65. The summed E-state index contributed by atoms with van der Waals surface area (Å²) in [6, 6.07) is 6.10. The van der Waals surface area contributed by atoms with Crippen LogP contribution in [-0.4, -0.2) is 18.1 Å². The summed E-state index contributed by atoms with van der Waals surface area (Å²) in [5, 5.41) is 10.5. The van der Waals surface area contributed by atoms with Gasteiger partial charge in [0.25, 0.3) is 5.69 Å². The first-order valence-electron chi connectivity index (χ1n) is 5.77. The molecule has 1 aromatic rings. The minimum absolute atomic E-state index is 0.0338. The fourth-order valence-corrected chi connectivity index (χ4v) is 4.65. The van der Waals surface area contributed by atoms with Gasteiger partial charge in [-0.15, -0.1) is 0 Å². The molecule has 0 saturated carbocycles. The van der Waals surface area contributed by atoms with E-state index in [4.69, 9.17) is 9.05 Å². The Hall–Kier alpha value is -0.880. The van der Waals surface area contributed by atoms with Gasteiger partial charge in [0.1, 0.15) is 0 Å². The van der Waals surface area contributed by atoms with Crippen molar-refractivity contribution in [3.05, 3.63) is 39.9 Å². The van der Waals surface area contributed by atoms with Gasteiger partial charge in [-0.3, -0.25) is 10.1 Å². The lowest BCUT2D eigenvalue weighted by Gasteiger charge is -2.15. The van der Waals surface area contributed by atoms with Crippen molar-refractivity contribution in [1.82, 2.24) is 0 Å². The maximum Gasteiger partial charge on any atom is 0.389 e. The van der Waals surface area contributed by atoms with Crippen molar-refractivity contribution in [2.24, 2.45) is 0 Å². The third-order valence-electron chi connectivity index (χ3n) is 2.11. The number of rotatable bonds is 8. The summed E-state index contributed by atoms with van der Waals surface area (Å²) in [5.74, 6) is 0.412. The highest BCUT2D eigenvalue weighted by Crippen LogP contribution is 2.61. The highest BCUT2D eigenvalue weighted by molar-refractivity contribution is 8.54. The van der Waals surface area contributed by atoms with E-state index in [1.165, 1.54) is 12.1 Å². The lowest BCUT2D eigenvalue weighted by atomic mass is 10.2. The fourth-order valence-electron chi connectivity index (χ4n) is 1.30. The smallest absolute Gasteiger partial charge is 0.301 e. The van der Waals surface area contributed by atoms with Gasteiger partial charge >= 0.3 is 6.80 Å². The molecule has 8 heteroatoms. The molecule has 1 aromatic carbocycles. The van der Waals surface area contributed by atoms with E-state index in [9.17, 15) is 14.7 Å². The molecule has 0 aromatic heterocycles. The van der Waals surface area contributed by atoms with Crippen LogP contribution >= 0.6 is 18.2 Å². The van der Waals surface area contributed by atoms with Gasteiger partial charge < -0.3 is 9.05 Å². The van der Waals surface area contributed by atoms with Crippen molar-refractivity contribution in [2.75, 3.05) is 13.2 Å². The number of benzene rings is 1. The van der Waals surface area contributed by atoms with Crippen molar-refractivity contribution in [2.45, 2.75) is 19.6 Å². The lowest BCUT2D eigenvalue weighted by molar-refractivity contribution is -0.384. The molecule has 0 aliphatic carbocycles. The quantitative estimate of drug-likeness (QED) is 0.410. The number of hydrogen-bond donors (Lipinski definition) is 0. The van der Waals surface area contributed by atoms with E-state index in [-0.39, 0.29) is 5.69 Å². The lowest BCUT2D eigenvalue weighted by Crippen LogP contribution is -1.93. The van der Waals surface area contributed by atoms with Crippen LogP contribution in [0.2, 0.25) is 0 Å². The minimum Gasteiger partial charge on any atom is -0.301 e. The molecule has 6 nitrogen and oxygen atoms in total. The molecule has 0 aliphatic heterocycles. The third-order valence-corrected chi connectivity index (χ3v) is 6.01. The first kappa shape index (κ1) is 16.2. The maximum atomic E-state index is 12.2. The second-order valence-electron chi connectivity index (χ2n) is 3.48. The van der Waals surface area contributed by atoms with Gasteiger partial charge in [-0.2, -0.15) is 0 Å². The Balaban J connectivity index is 2.64. The van der Waals surface area contributed by atoms with Crippen molar-refractivity contribution < 1.29 is 18.5 Å². The van der Waals surface area contributed by atoms with Crippen molar-refractivity contribution in [3.63, 3.8) is 0 Å². The normalized spacial score (nSPS) is 11.5. The molecule has 0 radical (unpaired) electrons. The maximum absolute atomic E-state index is 12.2. The number of nitro groups is 1. The van der Waals surface area contributed by atoms with Crippen LogP contribution in [0, 0.1) is 10.1 Å². The van der Waals surface area contributed by atoms with E-state index in [2.05, 4.69) is 0 Å². The highest BCUT2D eigenvalue weighted by atomic mass is 32.7. The average Bonchev–Trinajstić information content (AvgIpc) is 2.37. The zero-order valence-corrected chi connectivity index (χ0v) is 12.5. The van der Waals surface area contributed by atoms with Crippen molar-refractivity contribution in [1.29, 1.82) is 0 Å². The van der Waals surface area contributed by atoms with Crippen LogP contribution < -0.4 is 0 Å². The largest absolute Gasteiger partial charge is 0.389 e. The van der Waals surface area contributed by atoms with E-state index in [0.29, 0.717) is 19.0 Å². The summed E-state index contributed by atoms with van der Waals surface area (Å²) in [6.45, 7) is 0.983. The number of hydrogen-bond acceptors (Lipinski definition) is 6. The molecule has 0 amide bonds. The molecule has 0 atom stereocenters. The summed E-state index contributed by atoms with van der Waals surface area (Å²) in [4.78, 5) is 10.1. The average molecular weight is 305 g/mol. The van der Waals surface area contributed by atoms with E-state index in [1.54, 1.807) is 26.0 Å². The SMILES string of the molecule is CCOP(=O)(OCC)SCc1ccc([N+](=O)[O-])cc1. The summed E-state index contributed by atoms with van der Waals surface area (Å²) >= 11 is 1.08. The topological polar surface area (TPSA) is 78.7 Å². The van der Waals surface area contributed by atoms with E-state index in [0.717, 1.165) is 16.9 Å². The molecule has 0 fully saturated rings. The van der Waals surface area contributed by atoms with E-state index < -0.39 is 11.7 Å². The van der Waals surface area contributed by atoms with Gasteiger partial charge in [0, 0.05) is 17.9 Å². The molecular formula is C11H16NO5PS. The second-order valence-corrected chi connectivity index (χ2v) is 7.55. The Morgan fingerprint density at radius 3 is 2.16 bits per heavy atom. The Labute approximate surface area is 115 Å². The van der Waals surface area contributed by atoms with Crippen molar-refractivity contribution in [3.8, 4) is 0 Å². The van der Waals surface area contributed by atoms with Crippen LogP contribution in [0.25, 0.3) is 0 Å². The molecular weight excluding hydrogens is 289 g/mol. The number of non-ortho nitro benzene ring substituents is 1. The predicted octanol–water partition coefficient (Wildman–Crippen LogP) is 4.01. The molecule has 0 bridgehead atoms. The Morgan fingerprint density at radius 2 is 1.74 bits per heavy atom. The molecule has 106 valence electrons. The Kier molecular flexibility index (Phi) is 6.51. The monoisotopic (exact) mass is 305 g/mol. The Bertz CT molecular complexity index is 455. The Morgan fingerprint density at radius 1 is 1.21 bits per heavy atom. The molecule has 0 saturated heterocycles. The van der Waals surface area contributed by atoms with Gasteiger partial charge in [0.2, 0.25) is 0 Å². The summed E-state index contributed by atoms with van der Waals surface area (Å²) in [5.41, 5.74) is 0.863.